The van der Waals surface area contributed by atoms with E-state index in [2.05, 4.69) is 36.2 Å². The molecule has 0 bridgehead atoms. The van der Waals surface area contributed by atoms with Crippen LogP contribution in [0.25, 0.3) is 0 Å². The van der Waals surface area contributed by atoms with Crippen LogP contribution in [-0.2, 0) is 11.3 Å². The molecule has 5 nitrogen and oxygen atoms in total. The third-order valence-corrected chi connectivity index (χ3v) is 3.24. The van der Waals surface area contributed by atoms with Gasteiger partial charge in [-0.3, -0.25) is 0 Å². The van der Waals surface area contributed by atoms with Crippen LogP contribution >= 0.6 is 0 Å². The van der Waals surface area contributed by atoms with Crippen molar-refractivity contribution in [2.75, 3.05) is 13.2 Å². The van der Waals surface area contributed by atoms with Gasteiger partial charge in [-0.25, -0.2) is 0 Å². The molecule has 2 rings (SSSR count). The van der Waals surface area contributed by atoms with E-state index in [1.165, 1.54) is 12.8 Å². The summed E-state index contributed by atoms with van der Waals surface area (Å²) in [7, 11) is 0. The molecule has 0 saturated heterocycles. The lowest BCUT2D eigenvalue weighted by atomic mass is 9.88. The first-order chi connectivity index (χ1) is 9.00. The lowest BCUT2D eigenvalue weighted by Crippen LogP contribution is -2.23. The molecular weight excluding hydrogens is 242 g/mol. The number of hydrogen-bond donors (Lipinski definition) is 1. The Morgan fingerprint density at radius 3 is 2.74 bits per heavy atom. The maximum Gasteiger partial charge on any atom is 0.240 e. The van der Waals surface area contributed by atoms with Gasteiger partial charge in [0.05, 0.1) is 6.54 Å². The Labute approximate surface area is 115 Å². The van der Waals surface area contributed by atoms with Crippen LogP contribution in [0.2, 0.25) is 0 Å². The number of nitrogens with one attached hydrogen (secondary N) is 1. The van der Waals surface area contributed by atoms with Gasteiger partial charge in [0, 0.05) is 6.61 Å². The summed E-state index contributed by atoms with van der Waals surface area (Å²) in [6.07, 6.45) is 2.57. The summed E-state index contributed by atoms with van der Waals surface area (Å²) in [6.45, 7) is 10.7. The lowest BCUT2D eigenvalue weighted by molar-refractivity contribution is -0.0203. The van der Waals surface area contributed by atoms with E-state index < -0.39 is 0 Å². The minimum Gasteiger partial charge on any atom is -0.370 e. The van der Waals surface area contributed by atoms with Crippen LogP contribution in [0, 0.1) is 11.3 Å². The monoisotopic (exact) mass is 267 g/mol. The van der Waals surface area contributed by atoms with Gasteiger partial charge in [-0.15, -0.1) is 0 Å². The summed E-state index contributed by atoms with van der Waals surface area (Å²) >= 11 is 0. The normalized spacial score (nSPS) is 17.7. The van der Waals surface area contributed by atoms with E-state index in [0.29, 0.717) is 24.9 Å². The van der Waals surface area contributed by atoms with Crippen molar-refractivity contribution in [3.8, 4) is 0 Å². The summed E-state index contributed by atoms with van der Waals surface area (Å²) in [4.78, 5) is 4.45. The molecule has 1 N–H and O–H groups in total. The van der Waals surface area contributed by atoms with Gasteiger partial charge in [-0.1, -0.05) is 25.9 Å². The maximum absolute atomic E-state index is 5.75. The summed E-state index contributed by atoms with van der Waals surface area (Å²) in [5.41, 5.74) is -0.0431. The number of hydrogen-bond acceptors (Lipinski definition) is 5. The highest BCUT2D eigenvalue weighted by atomic mass is 16.5. The van der Waals surface area contributed by atoms with Gasteiger partial charge in [-0.2, -0.15) is 4.98 Å². The summed E-state index contributed by atoms with van der Waals surface area (Å²) < 4.78 is 11.0. The van der Waals surface area contributed by atoms with Crippen molar-refractivity contribution >= 4 is 0 Å². The molecule has 1 atom stereocenters. The molecule has 1 saturated carbocycles. The summed E-state index contributed by atoms with van der Waals surface area (Å²) in [5, 5.41) is 7.41. The first kappa shape index (κ1) is 14.5. The third kappa shape index (κ3) is 4.28. The Hall–Kier alpha value is -0.940. The molecule has 0 aromatic carbocycles. The van der Waals surface area contributed by atoms with Crippen LogP contribution in [-0.4, -0.2) is 23.3 Å². The minimum atomic E-state index is -0.126. The highest BCUT2D eigenvalue weighted by Crippen LogP contribution is 2.34. The molecule has 1 aliphatic carbocycles. The molecule has 0 spiro atoms. The molecule has 1 heterocycles. The second-order valence-electron chi connectivity index (χ2n) is 6.32. The molecule has 108 valence electrons. The van der Waals surface area contributed by atoms with E-state index in [4.69, 9.17) is 9.26 Å². The van der Waals surface area contributed by atoms with Gasteiger partial charge in [0.1, 0.15) is 6.10 Å². The fraction of sp³-hybridized carbons (Fsp3) is 0.857. The Morgan fingerprint density at radius 2 is 2.16 bits per heavy atom. The zero-order valence-corrected chi connectivity index (χ0v) is 12.4. The second kappa shape index (κ2) is 6.01. The zero-order valence-electron chi connectivity index (χ0n) is 12.4. The molecular formula is C14H25N3O2. The SMILES string of the molecule is CCOC(c1noc(CNCC2CC2)n1)C(C)(C)C. The summed E-state index contributed by atoms with van der Waals surface area (Å²) in [5.74, 6) is 2.15. The van der Waals surface area contributed by atoms with Crippen LogP contribution in [0.1, 0.15) is 58.4 Å². The van der Waals surface area contributed by atoms with Crippen molar-refractivity contribution in [1.82, 2.24) is 15.5 Å². The quantitative estimate of drug-likeness (QED) is 0.823. The van der Waals surface area contributed by atoms with Crippen molar-refractivity contribution in [1.29, 1.82) is 0 Å². The molecule has 0 aliphatic heterocycles. The van der Waals surface area contributed by atoms with Crippen LogP contribution in [0.5, 0.6) is 0 Å². The molecule has 0 radical (unpaired) electrons. The average Bonchev–Trinajstić information content (AvgIpc) is 3.03. The topological polar surface area (TPSA) is 60.2 Å². The number of rotatable bonds is 7. The van der Waals surface area contributed by atoms with Gasteiger partial charge in [0.2, 0.25) is 11.7 Å². The number of ether oxygens (including phenoxy) is 1. The number of aromatic nitrogens is 2. The summed E-state index contributed by atoms with van der Waals surface area (Å²) in [6, 6.07) is 0. The van der Waals surface area contributed by atoms with Gasteiger partial charge in [0.15, 0.2) is 0 Å². The first-order valence-corrected chi connectivity index (χ1v) is 7.15. The van der Waals surface area contributed by atoms with E-state index in [1.807, 2.05) is 6.92 Å². The van der Waals surface area contributed by atoms with Crippen LogP contribution in [0.3, 0.4) is 0 Å². The van der Waals surface area contributed by atoms with Crippen molar-refractivity contribution in [2.45, 2.75) is 53.2 Å². The first-order valence-electron chi connectivity index (χ1n) is 7.15. The predicted octanol–water partition coefficient (Wildman–Crippen LogP) is 2.69. The fourth-order valence-electron chi connectivity index (χ4n) is 2.03. The van der Waals surface area contributed by atoms with Crippen molar-refractivity contribution in [2.24, 2.45) is 11.3 Å². The highest BCUT2D eigenvalue weighted by Gasteiger charge is 2.31. The minimum absolute atomic E-state index is 0.0431. The maximum atomic E-state index is 5.75. The molecule has 1 aliphatic rings. The van der Waals surface area contributed by atoms with E-state index >= 15 is 0 Å². The largest absolute Gasteiger partial charge is 0.370 e. The molecule has 5 heteroatoms. The Kier molecular flexibility index (Phi) is 4.58. The fourth-order valence-corrected chi connectivity index (χ4v) is 2.03. The van der Waals surface area contributed by atoms with Gasteiger partial charge >= 0.3 is 0 Å². The van der Waals surface area contributed by atoms with E-state index in [9.17, 15) is 0 Å². The van der Waals surface area contributed by atoms with Gasteiger partial charge < -0.3 is 14.6 Å². The van der Waals surface area contributed by atoms with Crippen LogP contribution in [0.15, 0.2) is 4.52 Å². The predicted molar refractivity (Wildman–Crippen MR) is 72.6 cm³/mol. The van der Waals surface area contributed by atoms with Crippen molar-refractivity contribution in [3.63, 3.8) is 0 Å². The molecule has 19 heavy (non-hydrogen) atoms. The Morgan fingerprint density at radius 1 is 1.42 bits per heavy atom. The highest BCUT2D eigenvalue weighted by molar-refractivity contribution is 4.96. The molecule has 0 amide bonds. The Balaban J connectivity index is 1.92. The van der Waals surface area contributed by atoms with E-state index in [-0.39, 0.29) is 11.5 Å². The zero-order chi connectivity index (χ0) is 13.9. The van der Waals surface area contributed by atoms with Crippen molar-refractivity contribution < 1.29 is 9.26 Å². The molecule has 1 aromatic rings. The van der Waals surface area contributed by atoms with Crippen molar-refractivity contribution in [3.05, 3.63) is 11.7 Å². The molecule has 1 fully saturated rings. The lowest BCUT2D eigenvalue weighted by Gasteiger charge is -2.27. The van der Waals surface area contributed by atoms with Gasteiger partial charge in [0.25, 0.3) is 0 Å². The van der Waals surface area contributed by atoms with Gasteiger partial charge in [-0.05, 0) is 37.6 Å². The standard InChI is InChI=1S/C14H25N3O2/c1-5-18-12(14(2,3)4)13-16-11(19-17-13)9-15-8-10-6-7-10/h10,12,15H,5-9H2,1-4H3. The molecule has 1 unspecified atom stereocenters. The average molecular weight is 267 g/mol. The Bertz CT molecular complexity index is 394. The number of nitrogens with zero attached hydrogens (tertiary/aromatic N) is 2. The van der Waals surface area contributed by atoms with Crippen LogP contribution in [0.4, 0.5) is 0 Å². The van der Waals surface area contributed by atoms with E-state index in [1.54, 1.807) is 0 Å². The second-order valence-corrected chi connectivity index (χ2v) is 6.32. The smallest absolute Gasteiger partial charge is 0.240 e. The molecule has 1 aromatic heterocycles. The third-order valence-electron chi connectivity index (χ3n) is 3.24. The van der Waals surface area contributed by atoms with Crippen LogP contribution < -0.4 is 5.32 Å². The van der Waals surface area contributed by atoms with E-state index in [0.717, 1.165) is 12.5 Å².